The zero-order valence-corrected chi connectivity index (χ0v) is 23.5. The molecule has 1 saturated carbocycles. The van der Waals surface area contributed by atoms with Gasteiger partial charge < -0.3 is 20.6 Å². The van der Waals surface area contributed by atoms with Gasteiger partial charge >= 0.3 is 6.18 Å². The maximum absolute atomic E-state index is 14.3. The zero-order chi connectivity index (χ0) is 28.5. The smallest absolute Gasteiger partial charge is 0.389 e. The minimum atomic E-state index is -4.73. The number of rotatable bonds is 9. The second-order valence-electron chi connectivity index (χ2n) is 11.2. The first kappa shape index (κ1) is 29.3. The summed E-state index contributed by atoms with van der Waals surface area (Å²) in [6.45, 7) is 7.34. The van der Waals surface area contributed by atoms with Gasteiger partial charge in [-0.15, -0.1) is 11.3 Å². The summed E-state index contributed by atoms with van der Waals surface area (Å²) in [6.07, 6.45) is 1.84. The van der Waals surface area contributed by atoms with Gasteiger partial charge in [0, 0.05) is 36.9 Å². The number of aliphatic hydroxyl groups is 1. The highest BCUT2D eigenvalue weighted by Crippen LogP contribution is 2.42. The van der Waals surface area contributed by atoms with Crippen molar-refractivity contribution in [3.8, 4) is 10.4 Å². The summed E-state index contributed by atoms with van der Waals surface area (Å²) in [5.74, 6) is -0.646. The Hall–Kier alpha value is -2.73. The molecule has 4 rings (SSSR count). The molecule has 1 saturated heterocycles. The number of halogens is 3. The number of carbonyl (C=O) groups excluding carboxylic acids is 2. The van der Waals surface area contributed by atoms with Gasteiger partial charge in [0.05, 0.1) is 16.0 Å². The van der Waals surface area contributed by atoms with E-state index >= 15 is 0 Å². The molecule has 3 N–H and O–H groups in total. The lowest BCUT2D eigenvalue weighted by Gasteiger charge is -2.28. The van der Waals surface area contributed by atoms with Crippen LogP contribution >= 0.6 is 11.3 Å². The van der Waals surface area contributed by atoms with Crippen molar-refractivity contribution in [3.05, 3.63) is 28.5 Å². The molecule has 2 aromatic rings. The predicted molar refractivity (Wildman–Crippen MR) is 144 cm³/mol. The molecule has 2 amide bonds. The van der Waals surface area contributed by atoms with Gasteiger partial charge in [0.2, 0.25) is 0 Å². The number of carbonyl (C=O) groups is 2. The Morgan fingerprint density at radius 3 is 2.51 bits per heavy atom. The number of likely N-dealkylation sites (tertiary alicyclic amines) is 1. The van der Waals surface area contributed by atoms with Crippen molar-refractivity contribution < 1.29 is 27.9 Å². The Balaban J connectivity index is 1.76. The summed E-state index contributed by atoms with van der Waals surface area (Å²) >= 11 is 0.723. The monoisotopic (exact) mass is 567 g/mol. The topological polar surface area (TPSA) is 107 Å². The van der Waals surface area contributed by atoms with Gasteiger partial charge in [0.25, 0.3) is 11.8 Å². The van der Waals surface area contributed by atoms with Crippen LogP contribution in [0.15, 0.2) is 12.3 Å². The molecule has 0 aromatic carbocycles. The van der Waals surface area contributed by atoms with Crippen LogP contribution in [-0.2, 0) is 6.18 Å². The van der Waals surface area contributed by atoms with E-state index in [9.17, 15) is 27.9 Å². The molecule has 0 bridgehead atoms. The maximum atomic E-state index is 14.3. The first-order valence-electron chi connectivity index (χ1n) is 13.4. The van der Waals surface area contributed by atoms with Crippen molar-refractivity contribution in [3.63, 3.8) is 0 Å². The van der Waals surface area contributed by atoms with Crippen molar-refractivity contribution in [2.24, 2.45) is 5.92 Å². The SMILES string of the molecule is CCC1CCC(C)N1C(=O)c1nc(C(=O)NCC(C)(C)O)sc1-c1cnc(NCC2CCC2)cc1C(F)(F)F. The highest BCUT2D eigenvalue weighted by molar-refractivity contribution is 7.17. The van der Waals surface area contributed by atoms with Gasteiger partial charge in [-0.3, -0.25) is 9.59 Å². The third kappa shape index (κ3) is 6.71. The van der Waals surface area contributed by atoms with Crippen molar-refractivity contribution in [1.82, 2.24) is 20.2 Å². The van der Waals surface area contributed by atoms with Crippen LogP contribution < -0.4 is 10.6 Å². The molecule has 1 aliphatic carbocycles. The van der Waals surface area contributed by atoms with E-state index in [1.807, 2.05) is 13.8 Å². The molecule has 8 nitrogen and oxygen atoms in total. The van der Waals surface area contributed by atoms with Crippen LogP contribution in [0.25, 0.3) is 10.4 Å². The third-order valence-corrected chi connectivity index (χ3v) is 8.54. The molecule has 3 heterocycles. The number of pyridine rings is 1. The van der Waals surface area contributed by atoms with Gasteiger partial charge in [-0.2, -0.15) is 13.2 Å². The number of anilines is 1. The molecule has 1 aliphatic heterocycles. The maximum Gasteiger partial charge on any atom is 0.417 e. The molecule has 2 unspecified atom stereocenters. The number of nitrogens with one attached hydrogen (secondary N) is 2. The van der Waals surface area contributed by atoms with E-state index in [1.165, 1.54) is 13.8 Å². The van der Waals surface area contributed by atoms with Crippen molar-refractivity contribution in [2.75, 3.05) is 18.4 Å². The van der Waals surface area contributed by atoms with Crippen LogP contribution in [-0.4, -0.2) is 62.6 Å². The van der Waals surface area contributed by atoms with E-state index in [4.69, 9.17) is 0 Å². The van der Waals surface area contributed by atoms with Crippen molar-refractivity contribution >= 4 is 29.0 Å². The molecular formula is C27H36F3N5O3S. The Labute approximate surface area is 230 Å². The van der Waals surface area contributed by atoms with Crippen LogP contribution in [0, 0.1) is 5.92 Å². The summed E-state index contributed by atoms with van der Waals surface area (Å²) < 4.78 is 43.0. The molecule has 214 valence electrons. The minimum Gasteiger partial charge on any atom is -0.389 e. The quantitative estimate of drug-likeness (QED) is 0.378. The summed E-state index contributed by atoms with van der Waals surface area (Å²) in [4.78, 5) is 36.8. The molecule has 0 radical (unpaired) electrons. The number of hydrogen-bond acceptors (Lipinski definition) is 7. The van der Waals surface area contributed by atoms with E-state index < -0.39 is 29.2 Å². The lowest BCUT2D eigenvalue weighted by Crippen LogP contribution is -2.40. The predicted octanol–water partition coefficient (Wildman–Crippen LogP) is 5.34. The van der Waals surface area contributed by atoms with E-state index in [1.54, 1.807) is 4.90 Å². The highest BCUT2D eigenvalue weighted by Gasteiger charge is 2.40. The molecule has 2 fully saturated rings. The molecule has 2 atom stereocenters. The third-order valence-electron chi connectivity index (χ3n) is 7.45. The summed E-state index contributed by atoms with van der Waals surface area (Å²) in [7, 11) is 0. The molecule has 0 spiro atoms. The largest absolute Gasteiger partial charge is 0.417 e. The van der Waals surface area contributed by atoms with Crippen LogP contribution in [0.4, 0.5) is 19.0 Å². The normalized spacial score (nSPS) is 20.2. The van der Waals surface area contributed by atoms with E-state index in [2.05, 4.69) is 20.6 Å². The van der Waals surface area contributed by atoms with Gasteiger partial charge in [0.15, 0.2) is 5.01 Å². The number of nitrogens with zero attached hydrogens (tertiary/aromatic N) is 3. The molecular weight excluding hydrogens is 531 g/mol. The molecule has 39 heavy (non-hydrogen) atoms. The Bertz CT molecular complexity index is 1210. The number of amides is 2. The number of alkyl halides is 3. The second-order valence-corrected chi connectivity index (χ2v) is 12.2. The molecule has 2 aromatic heterocycles. The average Bonchev–Trinajstić information content (AvgIpc) is 3.44. The number of hydrogen-bond donors (Lipinski definition) is 3. The summed E-state index contributed by atoms with van der Waals surface area (Å²) in [5.41, 5.74) is -2.64. The molecule has 2 aliphatic rings. The van der Waals surface area contributed by atoms with Gasteiger partial charge in [-0.1, -0.05) is 13.3 Å². The lowest BCUT2D eigenvalue weighted by molar-refractivity contribution is -0.137. The molecule has 12 heteroatoms. The fraction of sp³-hybridized carbons (Fsp3) is 0.630. The average molecular weight is 568 g/mol. The van der Waals surface area contributed by atoms with Gasteiger partial charge in [0.1, 0.15) is 11.5 Å². The first-order valence-corrected chi connectivity index (χ1v) is 14.3. The van der Waals surface area contributed by atoms with E-state index in [0.29, 0.717) is 18.9 Å². The standard InChI is InChI=1S/C27H36F3N5O3S/c1-5-17-10-9-15(2)35(17)25(37)21-22(39-24(34-21)23(36)33-14-26(3,4)38)18-13-32-20(11-19(18)27(28,29)30)31-12-16-7-6-8-16/h11,13,15-17,38H,5-10,12,14H2,1-4H3,(H,31,32)(H,33,36). The van der Waals surface area contributed by atoms with E-state index in [0.717, 1.165) is 55.7 Å². The fourth-order valence-corrected chi connectivity index (χ4v) is 5.99. The van der Waals surface area contributed by atoms with Crippen LogP contribution in [0.5, 0.6) is 0 Å². The summed E-state index contributed by atoms with van der Waals surface area (Å²) in [6, 6.07) is 0.791. The highest BCUT2D eigenvalue weighted by atomic mass is 32.1. The van der Waals surface area contributed by atoms with Crippen LogP contribution in [0.2, 0.25) is 0 Å². The number of thiazole rings is 1. The number of aromatic nitrogens is 2. The fourth-order valence-electron chi connectivity index (χ4n) is 4.99. The van der Waals surface area contributed by atoms with Gasteiger partial charge in [-0.05, 0) is 64.9 Å². The van der Waals surface area contributed by atoms with Crippen molar-refractivity contribution in [1.29, 1.82) is 0 Å². The van der Waals surface area contributed by atoms with Gasteiger partial charge in [-0.25, -0.2) is 9.97 Å². The van der Waals surface area contributed by atoms with Crippen molar-refractivity contribution in [2.45, 2.75) is 90.1 Å². The Morgan fingerprint density at radius 1 is 1.21 bits per heavy atom. The summed E-state index contributed by atoms with van der Waals surface area (Å²) in [5, 5.41) is 15.4. The second kappa shape index (κ2) is 11.4. The Kier molecular flexibility index (Phi) is 8.55. The van der Waals surface area contributed by atoms with Crippen LogP contribution in [0.1, 0.15) is 92.1 Å². The van der Waals surface area contributed by atoms with Crippen LogP contribution in [0.3, 0.4) is 0 Å². The lowest BCUT2D eigenvalue weighted by atomic mass is 9.85. The zero-order valence-electron chi connectivity index (χ0n) is 22.7. The first-order chi connectivity index (χ1) is 18.3. The minimum absolute atomic E-state index is 0.0484. The van der Waals surface area contributed by atoms with E-state index in [-0.39, 0.29) is 45.6 Å². The Morgan fingerprint density at radius 2 is 1.92 bits per heavy atom.